The van der Waals surface area contributed by atoms with E-state index in [2.05, 4.69) is 6.92 Å². The first-order chi connectivity index (χ1) is 8.01. The lowest BCUT2D eigenvalue weighted by molar-refractivity contribution is 0.0368. The van der Waals surface area contributed by atoms with E-state index in [-0.39, 0.29) is 17.7 Å². The molecule has 1 amide bonds. The maximum Gasteiger partial charge on any atom is 0.410 e. The standard InChI is InChI=1S/C13H26N2O2/c1-4-9-15(13(2,3)10-14)12(16)17-11-7-5-6-8-11/h11H,4-10,14H2,1-3H3. The molecule has 0 spiro atoms. The Bertz CT molecular complexity index is 248. The molecule has 2 N–H and O–H groups in total. The number of carbonyl (C=O) groups excluding carboxylic acids is 1. The third-order valence-corrected chi connectivity index (χ3v) is 3.47. The van der Waals surface area contributed by atoms with Crippen molar-refractivity contribution in [2.45, 2.75) is 64.5 Å². The molecular formula is C13H26N2O2. The van der Waals surface area contributed by atoms with Gasteiger partial charge in [0.2, 0.25) is 0 Å². The number of hydrogen-bond acceptors (Lipinski definition) is 3. The number of amides is 1. The Hall–Kier alpha value is -0.770. The van der Waals surface area contributed by atoms with Gasteiger partial charge in [0.1, 0.15) is 6.10 Å². The van der Waals surface area contributed by atoms with Crippen LogP contribution in [0.25, 0.3) is 0 Å². The van der Waals surface area contributed by atoms with Crippen molar-refractivity contribution in [3.63, 3.8) is 0 Å². The molecule has 4 heteroatoms. The molecule has 0 aromatic carbocycles. The van der Waals surface area contributed by atoms with E-state index in [1.807, 2.05) is 13.8 Å². The highest BCUT2D eigenvalue weighted by Crippen LogP contribution is 2.23. The number of carbonyl (C=O) groups is 1. The van der Waals surface area contributed by atoms with Gasteiger partial charge in [-0.05, 0) is 46.0 Å². The average molecular weight is 242 g/mol. The van der Waals surface area contributed by atoms with Gasteiger partial charge in [0.05, 0.1) is 5.54 Å². The largest absolute Gasteiger partial charge is 0.446 e. The lowest BCUT2D eigenvalue weighted by Gasteiger charge is -2.37. The number of nitrogens with zero attached hydrogens (tertiary/aromatic N) is 1. The first-order valence-corrected chi connectivity index (χ1v) is 6.69. The zero-order valence-electron chi connectivity index (χ0n) is 11.4. The fourth-order valence-corrected chi connectivity index (χ4v) is 2.19. The molecule has 100 valence electrons. The highest BCUT2D eigenvalue weighted by Gasteiger charge is 2.32. The third-order valence-electron chi connectivity index (χ3n) is 3.47. The molecule has 1 fully saturated rings. The van der Waals surface area contributed by atoms with Crippen molar-refractivity contribution >= 4 is 6.09 Å². The maximum atomic E-state index is 12.1. The molecule has 0 bridgehead atoms. The van der Waals surface area contributed by atoms with Crippen molar-refractivity contribution in [3.8, 4) is 0 Å². The topological polar surface area (TPSA) is 55.6 Å². The van der Waals surface area contributed by atoms with Crippen LogP contribution in [0, 0.1) is 0 Å². The zero-order chi connectivity index (χ0) is 12.9. The van der Waals surface area contributed by atoms with Crippen LogP contribution in [-0.4, -0.2) is 35.7 Å². The van der Waals surface area contributed by atoms with E-state index in [9.17, 15) is 4.79 Å². The van der Waals surface area contributed by atoms with Crippen molar-refractivity contribution in [2.75, 3.05) is 13.1 Å². The summed E-state index contributed by atoms with van der Waals surface area (Å²) in [5.74, 6) is 0. The van der Waals surface area contributed by atoms with Gasteiger partial charge in [0.15, 0.2) is 0 Å². The molecule has 1 aliphatic carbocycles. The third kappa shape index (κ3) is 3.87. The predicted molar refractivity (Wildman–Crippen MR) is 68.9 cm³/mol. The summed E-state index contributed by atoms with van der Waals surface area (Å²) in [6, 6.07) is 0. The number of hydrogen-bond donors (Lipinski definition) is 1. The maximum absolute atomic E-state index is 12.1. The molecule has 0 aliphatic heterocycles. The first-order valence-electron chi connectivity index (χ1n) is 6.69. The fraction of sp³-hybridized carbons (Fsp3) is 0.923. The van der Waals surface area contributed by atoms with Crippen LogP contribution in [0.1, 0.15) is 52.9 Å². The number of rotatable bonds is 5. The molecule has 0 heterocycles. The normalized spacial score (nSPS) is 17.2. The van der Waals surface area contributed by atoms with Crippen molar-refractivity contribution in [2.24, 2.45) is 5.73 Å². The second kappa shape index (κ2) is 6.24. The van der Waals surface area contributed by atoms with Gasteiger partial charge in [-0.25, -0.2) is 4.79 Å². The van der Waals surface area contributed by atoms with Gasteiger partial charge in [-0.3, -0.25) is 0 Å². The van der Waals surface area contributed by atoms with Crippen LogP contribution in [0.3, 0.4) is 0 Å². The smallest absolute Gasteiger partial charge is 0.410 e. The Kier molecular flexibility index (Phi) is 5.25. The molecule has 0 unspecified atom stereocenters. The van der Waals surface area contributed by atoms with Crippen molar-refractivity contribution in [1.29, 1.82) is 0 Å². The van der Waals surface area contributed by atoms with Gasteiger partial charge < -0.3 is 15.4 Å². The molecule has 4 nitrogen and oxygen atoms in total. The summed E-state index contributed by atoms with van der Waals surface area (Å²) in [4.78, 5) is 13.9. The lowest BCUT2D eigenvalue weighted by atomic mass is 10.0. The minimum Gasteiger partial charge on any atom is -0.446 e. The van der Waals surface area contributed by atoms with E-state index in [4.69, 9.17) is 10.5 Å². The van der Waals surface area contributed by atoms with Crippen LogP contribution >= 0.6 is 0 Å². The van der Waals surface area contributed by atoms with Crippen LogP contribution < -0.4 is 5.73 Å². The Balaban J connectivity index is 2.59. The summed E-state index contributed by atoms with van der Waals surface area (Å²) >= 11 is 0. The molecule has 1 saturated carbocycles. The summed E-state index contributed by atoms with van der Waals surface area (Å²) in [7, 11) is 0. The Morgan fingerprint density at radius 2 is 2.00 bits per heavy atom. The summed E-state index contributed by atoms with van der Waals surface area (Å²) in [6.45, 7) is 7.18. The Morgan fingerprint density at radius 1 is 1.41 bits per heavy atom. The summed E-state index contributed by atoms with van der Waals surface area (Å²) in [5.41, 5.74) is 5.41. The average Bonchev–Trinajstić information content (AvgIpc) is 2.78. The Labute approximate surface area is 104 Å². The molecule has 0 atom stereocenters. The highest BCUT2D eigenvalue weighted by molar-refractivity contribution is 5.69. The highest BCUT2D eigenvalue weighted by atomic mass is 16.6. The molecule has 0 aromatic rings. The zero-order valence-corrected chi connectivity index (χ0v) is 11.4. The molecule has 17 heavy (non-hydrogen) atoms. The molecule has 1 rings (SSSR count). The van der Waals surface area contributed by atoms with E-state index in [1.165, 1.54) is 12.8 Å². The van der Waals surface area contributed by atoms with Gasteiger partial charge in [-0.1, -0.05) is 6.92 Å². The number of ether oxygens (including phenoxy) is 1. The first kappa shape index (κ1) is 14.3. The van der Waals surface area contributed by atoms with Crippen molar-refractivity contribution in [3.05, 3.63) is 0 Å². The molecule has 0 radical (unpaired) electrons. The fourth-order valence-electron chi connectivity index (χ4n) is 2.19. The van der Waals surface area contributed by atoms with Gasteiger partial charge in [-0.15, -0.1) is 0 Å². The van der Waals surface area contributed by atoms with Crippen molar-refractivity contribution in [1.82, 2.24) is 4.90 Å². The van der Waals surface area contributed by atoms with Crippen LogP contribution in [0.5, 0.6) is 0 Å². The van der Waals surface area contributed by atoms with Gasteiger partial charge >= 0.3 is 6.09 Å². The second-order valence-electron chi connectivity index (χ2n) is 5.46. The van der Waals surface area contributed by atoms with Crippen LogP contribution in [0.15, 0.2) is 0 Å². The summed E-state index contributed by atoms with van der Waals surface area (Å²) in [5, 5.41) is 0. The SMILES string of the molecule is CCCN(C(=O)OC1CCCC1)C(C)(C)CN. The molecule has 0 saturated heterocycles. The minimum atomic E-state index is -0.328. The van der Waals surface area contributed by atoms with E-state index >= 15 is 0 Å². The Morgan fingerprint density at radius 3 is 2.47 bits per heavy atom. The monoisotopic (exact) mass is 242 g/mol. The van der Waals surface area contributed by atoms with Crippen LogP contribution in [-0.2, 0) is 4.74 Å². The van der Waals surface area contributed by atoms with Crippen LogP contribution in [0.2, 0.25) is 0 Å². The van der Waals surface area contributed by atoms with Gasteiger partial charge in [0, 0.05) is 13.1 Å². The molecule has 1 aliphatic rings. The summed E-state index contributed by atoms with van der Waals surface area (Å²) < 4.78 is 5.55. The lowest BCUT2D eigenvalue weighted by Crippen LogP contribution is -2.53. The van der Waals surface area contributed by atoms with Gasteiger partial charge in [-0.2, -0.15) is 0 Å². The van der Waals surface area contributed by atoms with E-state index in [0.717, 1.165) is 19.3 Å². The minimum absolute atomic E-state index is 0.121. The van der Waals surface area contributed by atoms with Gasteiger partial charge in [0.25, 0.3) is 0 Å². The molecule has 0 aromatic heterocycles. The molecular weight excluding hydrogens is 216 g/mol. The van der Waals surface area contributed by atoms with E-state index in [1.54, 1.807) is 4.90 Å². The van der Waals surface area contributed by atoms with Crippen molar-refractivity contribution < 1.29 is 9.53 Å². The second-order valence-corrected chi connectivity index (χ2v) is 5.46. The summed E-state index contributed by atoms with van der Waals surface area (Å²) in [6.07, 6.45) is 5.20. The van der Waals surface area contributed by atoms with Crippen LogP contribution in [0.4, 0.5) is 4.79 Å². The predicted octanol–water partition coefficient (Wildman–Crippen LogP) is 2.51. The van der Waals surface area contributed by atoms with E-state index < -0.39 is 0 Å². The number of nitrogens with two attached hydrogens (primary N) is 1. The quantitative estimate of drug-likeness (QED) is 0.806. The van der Waals surface area contributed by atoms with E-state index in [0.29, 0.717) is 13.1 Å².